The van der Waals surface area contributed by atoms with Crippen molar-refractivity contribution in [3.8, 4) is 0 Å². The lowest BCUT2D eigenvalue weighted by Gasteiger charge is -2.29. The number of amides is 1. The average Bonchev–Trinajstić information content (AvgIpc) is 2.89. The molecule has 0 bridgehead atoms. The van der Waals surface area contributed by atoms with Crippen molar-refractivity contribution in [2.75, 3.05) is 10.7 Å². The molecule has 0 saturated heterocycles. The van der Waals surface area contributed by atoms with Crippen LogP contribution in [0.5, 0.6) is 0 Å². The zero-order valence-corrected chi connectivity index (χ0v) is 14.6. The second kappa shape index (κ2) is 6.37. The van der Waals surface area contributed by atoms with Crippen LogP contribution >= 0.6 is 43.2 Å². The maximum absolute atomic E-state index is 12.5. The monoisotopic (exact) mass is 403 g/mol. The van der Waals surface area contributed by atoms with Gasteiger partial charge < -0.3 is 5.32 Å². The molecule has 0 aliphatic rings. The number of halogens is 2. The van der Waals surface area contributed by atoms with E-state index in [4.69, 9.17) is 0 Å². The fraction of sp³-hybridized carbons (Fsp3) is 0.357. The van der Waals surface area contributed by atoms with Crippen LogP contribution in [0.3, 0.4) is 0 Å². The third-order valence-electron chi connectivity index (χ3n) is 3.29. The number of rotatable bonds is 5. The Morgan fingerprint density at radius 3 is 2.63 bits per heavy atom. The summed E-state index contributed by atoms with van der Waals surface area (Å²) < 4.78 is 1.15. The molecule has 1 aromatic heterocycles. The van der Waals surface area contributed by atoms with Crippen molar-refractivity contribution >= 4 is 59.2 Å². The Balaban J connectivity index is 2.29. The lowest BCUT2D eigenvalue weighted by molar-refractivity contribution is 0.0917. The number of nitrogens with one attached hydrogen (secondary N) is 1. The van der Waals surface area contributed by atoms with Gasteiger partial charge in [0.25, 0.3) is 5.91 Å². The molecule has 0 aliphatic heterocycles. The molecule has 2 rings (SSSR count). The summed E-state index contributed by atoms with van der Waals surface area (Å²) >= 11 is 8.59. The summed E-state index contributed by atoms with van der Waals surface area (Å²) in [6, 6.07) is 8.00. The number of alkyl halides is 2. The van der Waals surface area contributed by atoms with Crippen LogP contribution in [0.4, 0.5) is 0 Å². The minimum Gasteiger partial charge on any atom is -0.345 e. The highest BCUT2D eigenvalue weighted by Crippen LogP contribution is 2.26. The first-order valence-corrected chi connectivity index (χ1v) is 9.18. The number of fused-ring (bicyclic) bond motifs is 1. The maximum Gasteiger partial charge on any atom is 0.253 e. The normalized spacial score (nSPS) is 11.7. The highest BCUT2D eigenvalue weighted by atomic mass is 79.9. The van der Waals surface area contributed by atoms with Crippen molar-refractivity contribution in [1.29, 1.82) is 0 Å². The number of hydrogen-bond donors (Lipinski definition) is 1. The van der Waals surface area contributed by atoms with E-state index in [1.807, 2.05) is 29.6 Å². The van der Waals surface area contributed by atoms with Crippen LogP contribution in [0, 0.1) is 0 Å². The van der Waals surface area contributed by atoms with E-state index in [2.05, 4.69) is 44.1 Å². The first-order valence-electron chi connectivity index (χ1n) is 6.06. The van der Waals surface area contributed by atoms with E-state index in [9.17, 15) is 4.79 Å². The molecule has 0 spiro atoms. The number of thiophene rings is 1. The van der Waals surface area contributed by atoms with Gasteiger partial charge >= 0.3 is 0 Å². The first-order chi connectivity index (χ1) is 9.15. The minimum absolute atomic E-state index is 0.00167. The van der Waals surface area contributed by atoms with E-state index in [-0.39, 0.29) is 11.4 Å². The van der Waals surface area contributed by atoms with E-state index in [0.29, 0.717) is 0 Å². The van der Waals surface area contributed by atoms with Crippen molar-refractivity contribution in [3.05, 3.63) is 35.2 Å². The maximum atomic E-state index is 12.5. The van der Waals surface area contributed by atoms with Crippen molar-refractivity contribution in [2.24, 2.45) is 0 Å². The Bertz CT molecular complexity index is 569. The highest BCUT2D eigenvalue weighted by Gasteiger charge is 2.28. The largest absolute Gasteiger partial charge is 0.345 e. The van der Waals surface area contributed by atoms with Crippen LogP contribution in [0.25, 0.3) is 10.1 Å². The summed E-state index contributed by atoms with van der Waals surface area (Å²) in [7, 11) is 0. The zero-order valence-electron chi connectivity index (χ0n) is 10.6. The van der Waals surface area contributed by atoms with Gasteiger partial charge in [-0.25, -0.2) is 0 Å². The van der Waals surface area contributed by atoms with Gasteiger partial charge in [-0.3, -0.25) is 4.79 Å². The van der Waals surface area contributed by atoms with Gasteiger partial charge in [-0.05, 0) is 12.5 Å². The topological polar surface area (TPSA) is 29.1 Å². The Hall–Kier alpha value is -0.390. The van der Waals surface area contributed by atoms with E-state index in [0.717, 1.165) is 32.7 Å². The number of carbonyl (C=O) groups excluding carboxylic acids is 1. The summed E-state index contributed by atoms with van der Waals surface area (Å²) in [6.07, 6.45) is 0.872. The zero-order chi connectivity index (χ0) is 13.9. The van der Waals surface area contributed by atoms with Crippen LogP contribution in [-0.2, 0) is 0 Å². The molecule has 0 atom stereocenters. The smallest absolute Gasteiger partial charge is 0.253 e. The molecule has 0 fully saturated rings. The SMILES string of the molecule is CCC(CBr)(CBr)NC(=O)c1csc2ccccc12. The molecule has 1 aromatic carbocycles. The average molecular weight is 405 g/mol. The highest BCUT2D eigenvalue weighted by molar-refractivity contribution is 9.09. The van der Waals surface area contributed by atoms with Gasteiger partial charge in [0.15, 0.2) is 0 Å². The Morgan fingerprint density at radius 1 is 1.32 bits per heavy atom. The predicted octanol–water partition coefficient (Wildman–Crippen LogP) is 4.57. The summed E-state index contributed by atoms with van der Waals surface area (Å²) in [5.41, 5.74) is 0.528. The summed E-state index contributed by atoms with van der Waals surface area (Å²) in [4.78, 5) is 12.5. The molecule has 0 radical (unpaired) electrons. The molecular weight excluding hydrogens is 390 g/mol. The lowest BCUT2D eigenvalue weighted by atomic mass is 10.0. The molecular formula is C14H15Br2NOS. The summed E-state index contributed by atoms with van der Waals surface area (Å²) in [6.45, 7) is 2.08. The van der Waals surface area contributed by atoms with Crippen molar-refractivity contribution < 1.29 is 4.79 Å². The third-order valence-corrected chi connectivity index (χ3v) is 6.40. The molecule has 102 valence electrons. The van der Waals surface area contributed by atoms with Crippen molar-refractivity contribution in [2.45, 2.75) is 18.9 Å². The van der Waals surface area contributed by atoms with Gasteiger partial charge in [-0.2, -0.15) is 0 Å². The molecule has 2 aromatic rings. The second-order valence-electron chi connectivity index (χ2n) is 4.50. The van der Waals surface area contributed by atoms with Crippen LogP contribution in [0.2, 0.25) is 0 Å². The van der Waals surface area contributed by atoms with Crippen LogP contribution in [0.1, 0.15) is 23.7 Å². The fourth-order valence-corrected chi connectivity index (χ4v) is 4.78. The standard InChI is InChI=1S/C14H15Br2NOS/c1-2-14(8-15,9-16)17-13(18)11-7-19-12-6-4-3-5-10(11)12/h3-7H,2,8-9H2,1H3,(H,17,18). The lowest BCUT2D eigenvalue weighted by Crippen LogP contribution is -2.51. The summed E-state index contributed by atoms with van der Waals surface area (Å²) in [5, 5.41) is 7.57. The molecule has 19 heavy (non-hydrogen) atoms. The van der Waals surface area contributed by atoms with Gasteiger partial charge in [0.1, 0.15) is 0 Å². The van der Waals surface area contributed by atoms with Crippen molar-refractivity contribution in [3.63, 3.8) is 0 Å². The van der Waals surface area contributed by atoms with Gasteiger partial charge in [-0.15, -0.1) is 11.3 Å². The molecule has 1 N–H and O–H groups in total. The van der Waals surface area contributed by atoms with Crippen LogP contribution in [-0.4, -0.2) is 22.1 Å². The predicted molar refractivity (Wildman–Crippen MR) is 89.9 cm³/mol. The number of carbonyl (C=O) groups is 1. The molecule has 1 amide bonds. The minimum atomic E-state index is -0.236. The molecule has 0 saturated carbocycles. The fourth-order valence-electron chi connectivity index (χ4n) is 1.84. The van der Waals surface area contributed by atoms with E-state index in [1.165, 1.54) is 0 Å². The van der Waals surface area contributed by atoms with E-state index in [1.54, 1.807) is 11.3 Å². The Labute approximate surface area is 133 Å². The van der Waals surface area contributed by atoms with Crippen LogP contribution < -0.4 is 5.32 Å². The molecule has 2 nitrogen and oxygen atoms in total. The Morgan fingerprint density at radius 2 is 2.00 bits per heavy atom. The molecule has 5 heteroatoms. The van der Waals surface area contributed by atoms with Gasteiger partial charge in [0.2, 0.25) is 0 Å². The third kappa shape index (κ3) is 3.03. The Kier molecular flexibility index (Phi) is 5.03. The number of hydrogen-bond acceptors (Lipinski definition) is 2. The molecule has 1 heterocycles. The van der Waals surface area contributed by atoms with Crippen molar-refractivity contribution in [1.82, 2.24) is 5.32 Å². The summed E-state index contributed by atoms with van der Waals surface area (Å²) in [5.74, 6) is -0.00167. The van der Waals surface area contributed by atoms with Gasteiger partial charge in [0.05, 0.1) is 11.1 Å². The van der Waals surface area contributed by atoms with E-state index < -0.39 is 0 Å². The van der Waals surface area contributed by atoms with Gasteiger partial charge in [0, 0.05) is 26.1 Å². The first kappa shape index (κ1) is 15.0. The van der Waals surface area contributed by atoms with E-state index >= 15 is 0 Å². The second-order valence-corrected chi connectivity index (χ2v) is 6.53. The molecule has 0 unspecified atom stereocenters. The quantitative estimate of drug-likeness (QED) is 0.726. The number of benzene rings is 1. The van der Waals surface area contributed by atoms with Gasteiger partial charge in [-0.1, -0.05) is 57.0 Å². The van der Waals surface area contributed by atoms with Crippen LogP contribution in [0.15, 0.2) is 29.6 Å². The molecule has 0 aliphatic carbocycles.